The number of benzene rings is 2. The van der Waals surface area contributed by atoms with Crippen molar-refractivity contribution in [2.45, 2.75) is 53.1 Å². The molecule has 0 saturated heterocycles. The molecular weight excluding hydrogens is 296 g/mol. The number of hydrogen-bond acceptors (Lipinski definition) is 2. The highest BCUT2D eigenvalue weighted by Gasteiger charge is 2.18. The van der Waals surface area contributed by atoms with E-state index in [1.807, 2.05) is 18.2 Å². The fourth-order valence-electron chi connectivity index (χ4n) is 2.66. The van der Waals surface area contributed by atoms with Gasteiger partial charge in [-0.3, -0.25) is 0 Å². The first-order valence-corrected chi connectivity index (χ1v) is 8.79. The van der Waals surface area contributed by atoms with Gasteiger partial charge in [0.1, 0.15) is 5.75 Å². The van der Waals surface area contributed by atoms with Crippen LogP contribution in [-0.4, -0.2) is 11.7 Å². The molecule has 2 rings (SSSR count). The van der Waals surface area contributed by atoms with E-state index in [1.165, 1.54) is 5.56 Å². The average molecular weight is 326 g/mol. The fourth-order valence-corrected chi connectivity index (χ4v) is 2.66. The van der Waals surface area contributed by atoms with Crippen molar-refractivity contribution >= 4 is 0 Å². The van der Waals surface area contributed by atoms with E-state index >= 15 is 0 Å². The van der Waals surface area contributed by atoms with E-state index in [1.54, 1.807) is 0 Å². The molecule has 0 heterocycles. The van der Waals surface area contributed by atoms with Crippen molar-refractivity contribution < 1.29 is 9.84 Å². The van der Waals surface area contributed by atoms with Gasteiger partial charge in [0.25, 0.3) is 0 Å². The van der Waals surface area contributed by atoms with E-state index in [0.29, 0.717) is 12.5 Å². The Morgan fingerprint density at radius 3 is 2.33 bits per heavy atom. The first-order valence-electron chi connectivity index (χ1n) is 8.79. The molecule has 24 heavy (non-hydrogen) atoms. The third kappa shape index (κ3) is 4.61. The quantitative estimate of drug-likeness (QED) is 0.752. The van der Waals surface area contributed by atoms with E-state index < -0.39 is 0 Å². The number of aliphatic hydroxyl groups is 1. The smallest absolute Gasteiger partial charge is 0.127 e. The summed E-state index contributed by atoms with van der Waals surface area (Å²) in [6.07, 6.45) is 1.03. The first kappa shape index (κ1) is 18.5. The molecule has 0 atom stereocenters. The van der Waals surface area contributed by atoms with Crippen molar-refractivity contribution in [1.29, 1.82) is 0 Å². The summed E-state index contributed by atoms with van der Waals surface area (Å²) in [6.45, 7) is 11.8. The Kier molecular flexibility index (Phi) is 6.06. The molecule has 0 aromatic heterocycles. The van der Waals surface area contributed by atoms with E-state index in [4.69, 9.17) is 4.74 Å². The van der Waals surface area contributed by atoms with Crippen molar-refractivity contribution in [2.24, 2.45) is 5.92 Å². The number of rotatable bonds is 6. The summed E-state index contributed by atoms with van der Waals surface area (Å²) in [4.78, 5) is 0. The third-order valence-corrected chi connectivity index (χ3v) is 4.28. The van der Waals surface area contributed by atoms with Gasteiger partial charge in [0.15, 0.2) is 0 Å². The van der Waals surface area contributed by atoms with Gasteiger partial charge < -0.3 is 9.84 Å². The Morgan fingerprint density at radius 2 is 1.71 bits per heavy atom. The van der Waals surface area contributed by atoms with Crippen LogP contribution in [0.5, 0.6) is 5.75 Å². The van der Waals surface area contributed by atoms with Gasteiger partial charge in [-0.25, -0.2) is 0 Å². The standard InChI is InChI=1S/C22H30O2/c1-16(2)12-13-24-21-11-10-18(22(3,4)5)14-20(21)19-9-7-6-8-17(19)15-23/h6-11,14,16,23H,12-13,15H2,1-5H3. The number of aliphatic hydroxyl groups excluding tert-OH is 1. The van der Waals surface area contributed by atoms with Crippen LogP contribution in [-0.2, 0) is 12.0 Å². The minimum Gasteiger partial charge on any atom is -0.493 e. The van der Waals surface area contributed by atoms with E-state index in [2.05, 4.69) is 58.9 Å². The zero-order valence-electron chi connectivity index (χ0n) is 15.6. The van der Waals surface area contributed by atoms with Gasteiger partial charge in [-0.05, 0) is 46.6 Å². The van der Waals surface area contributed by atoms with Gasteiger partial charge in [0.05, 0.1) is 13.2 Å². The molecule has 0 radical (unpaired) electrons. The van der Waals surface area contributed by atoms with Gasteiger partial charge in [-0.1, -0.05) is 65.0 Å². The molecule has 0 spiro atoms. The van der Waals surface area contributed by atoms with Crippen LogP contribution >= 0.6 is 0 Å². The van der Waals surface area contributed by atoms with Crippen LogP contribution in [0.2, 0.25) is 0 Å². The van der Waals surface area contributed by atoms with Crippen LogP contribution in [0.3, 0.4) is 0 Å². The molecule has 1 N–H and O–H groups in total. The van der Waals surface area contributed by atoms with Crippen molar-refractivity contribution in [3.63, 3.8) is 0 Å². The lowest BCUT2D eigenvalue weighted by Crippen LogP contribution is -2.11. The van der Waals surface area contributed by atoms with Gasteiger partial charge in [-0.15, -0.1) is 0 Å². The van der Waals surface area contributed by atoms with Crippen LogP contribution in [0.15, 0.2) is 42.5 Å². The summed E-state index contributed by atoms with van der Waals surface area (Å²) in [5.41, 5.74) is 4.37. The molecule has 0 aliphatic rings. The summed E-state index contributed by atoms with van der Waals surface area (Å²) >= 11 is 0. The minimum atomic E-state index is 0.0291. The SMILES string of the molecule is CC(C)CCOc1ccc(C(C)(C)C)cc1-c1ccccc1CO. The summed E-state index contributed by atoms with van der Waals surface area (Å²) in [5.74, 6) is 1.51. The molecule has 0 unspecified atom stereocenters. The van der Waals surface area contributed by atoms with E-state index in [-0.39, 0.29) is 12.0 Å². The van der Waals surface area contributed by atoms with Crippen LogP contribution < -0.4 is 4.74 Å². The molecule has 2 nitrogen and oxygen atoms in total. The molecule has 0 aliphatic heterocycles. The van der Waals surface area contributed by atoms with Gasteiger partial charge >= 0.3 is 0 Å². The normalized spacial score (nSPS) is 11.8. The summed E-state index contributed by atoms with van der Waals surface area (Å²) in [7, 11) is 0. The maximum Gasteiger partial charge on any atom is 0.127 e. The molecule has 130 valence electrons. The van der Waals surface area contributed by atoms with E-state index in [9.17, 15) is 5.11 Å². The van der Waals surface area contributed by atoms with E-state index in [0.717, 1.165) is 28.9 Å². The molecule has 0 bridgehead atoms. The Hall–Kier alpha value is -1.80. The zero-order chi connectivity index (χ0) is 17.7. The lowest BCUT2D eigenvalue weighted by molar-refractivity contribution is 0.281. The predicted octanol–water partition coefficient (Wildman–Crippen LogP) is 5.57. The topological polar surface area (TPSA) is 29.5 Å². The van der Waals surface area contributed by atoms with Crippen molar-refractivity contribution in [3.8, 4) is 16.9 Å². The summed E-state index contributed by atoms with van der Waals surface area (Å²) in [6, 6.07) is 14.4. The highest BCUT2D eigenvalue weighted by Crippen LogP contribution is 2.36. The van der Waals surface area contributed by atoms with Crippen LogP contribution in [0, 0.1) is 5.92 Å². The lowest BCUT2D eigenvalue weighted by atomic mass is 9.84. The molecule has 2 aromatic rings. The molecule has 2 aromatic carbocycles. The van der Waals surface area contributed by atoms with Crippen LogP contribution in [0.4, 0.5) is 0 Å². The van der Waals surface area contributed by atoms with Crippen molar-refractivity contribution in [2.75, 3.05) is 6.61 Å². The monoisotopic (exact) mass is 326 g/mol. The Morgan fingerprint density at radius 1 is 1.00 bits per heavy atom. The highest BCUT2D eigenvalue weighted by atomic mass is 16.5. The maximum atomic E-state index is 9.71. The highest BCUT2D eigenvalue weighted by molar-refractivity contribution is 5.74. The second kappa shape index (κ2) is 7.85. The molecule has 0 aliphatic carbocycles. The average Bonchev–Trinajstić information content (AvgIpc) is 2.53. The largest absolute Gasteiger partial charge is 0.493 e. The van der Waals surface area contributed by atoms with Crippen molar-refractivity contribution in [3.05, 3.63) is 53.6 Å². The zero-order valence-corrected chi connectivity index (χ0v) is 15.6. The van der Waals surface area contributed by atoms with Gasteiger partial charge in [-0.2, -0.15) is 0 Å². The Labute approximate surface area is 146 Å². The Bertz CT molecular complexity index is 666. The molecule has 0 amide bonds. The first-order chi connectivity index (χ1) is 11.3. The molecule has 0 fully saturated rings. The summed E-state index contributed by atoms with van der Waals surface area (Å²) < 4.78 is 6.09. The molecule has 2 heteroatoms. The summed E-state index contributed by atoms with van der Waals surface area (Å²) in [5, 5.41) is 9.71. The second-order valence-corrected chi connectivity index (χ2v) is 7.81. The minimum absolute atomic E-state index is 0.0291. The second-order valence-electron chi connectivity index (χ2n) is 7.81. The number of ether oxygens (including phenoxy) is 1. The third-order valence-electron chi connectivity index (χ3n) is 4.28. The Balaban J connectivity index is 2.47. The maximum absolute atomic E-state index is 9.71. The number of hydrogen-bond donors (Lipinski definition) is 1. The van der Waals surface area contributed by atoms with Crippen LogP contribution in [0.25, 0.3) is 11.1 Å². The van der Waals surface area contributed by atoms with Gasteiger partial charge in [0, 0.05) is 5.56 Å². The molecular formula is C22H30O2. The fraction of sp³-hybridized carbons (Fsp3) is 0.455. The van der Waals surface area contributed by atoms with Crippen LogP contribution in [0.1, 0.15) is 52.2 Å². The molecule has 0 saturated carbocycles. The lowest BCUT2D eigenvalue weighted by Gasteiger charge is -2.22. The predicted molar refractivity (Wildman–Crippen MR) is 101 cm³/mol. The van der Waals surface area contributed by atoms with Crippen molar-refractivity contribution in [1.82, 2.24) is 0 Å². The van der Waals surface area contributed by atoms with Gasteiger partial charge in [0.2, 0.25) is 0 Å².